The normalized spacial score (nSPS) is 12.8. The summed E-state index contributed by atoms with van der Waals surface area (Å²) in [7, 11) is 0. The number of unbranched alkanes of at least 4 members (excludes halogenated alkanes) is 1. The van der Waals surface area contributed by atoms with Gasteiger partial charge in [0.25, 0.3) is 0 Å². The third-order valence-corrected chi connectivity index (χ3v) is 4.68. The zero-order chi connectivity index (χ0) is 17.6. The third-order valence-electron chi connectivity index (χ3n) is 4.68. The number of nitrogens with one attached hydrogen (secondary N) is 1. The molecule has 25 heavy (non-hydrogen) atoms. The molecule has 5 heteroatoms. The average Bonchev–Trinajstić information content (AvgIpc) is 3.03. The summed E-state index contributed by atoms with van der Waals surface area (Å²) in [5.74, 6) is 0.995. The number of nitrogens with two attached hydrogens (primary N) is 1. The number of H-pyrrole nitrogens is 1. The first-order chi connectivity index (χ1) is 12.2. The maximum Gasteiger partial charge on any atom is 0.121 e. The van der Waals surface area contributed by atoms with Crippen molar-refractivity contribution in [1.82, 2.24) is 19.9 Å². The summed E-state index contributed by atoms with van der Waals surface area (Å²) in [6.07, 6.45) is 3.98. The summed E-state index contributed by atoms with van der Waals surface area (Å²) in [6.45, 7) is 6.83. The van der Waals surface area contributed by atoms with Crippen LogP contribution in [0.5, 0.6) is 0 Å². The van der Waals surface area contributed by atoms with E-state index in [1.165, 1.54) is 5.56 Å². The predicted octanol–water partition coefficient (Wildman–Crippen LogP) is 3.57. The number of hydrogen-bond acceptors (Lipinski definition) is 4. The minimum atomic E-state index is 0.229. The van der Waals surface area contributed by atoms with Gasteiger partial charge in [-0.25, -0.2) is 4.98 Å². The lowest BCUT2D eigenvalue weighted by Gasteiger charge is -2.28. The van der Waals surface area contributed by atoms with Crippen molar-refractivity contribution in [3.63, 3.8) is 0 Å². The fourth-order valence-corrected chi connectivity index (χ4v) is 3.25. The number of fused-ring (bicyclic) bond motifs is 1. The van der Waals surface area contributed by atoms with E-state index < -0.39 is 0 Å². The molecule has 1 unspecified atom stereocenters. The molecule has 0 aliphatic rings. The molecule has 1 aromatic carbocycles. The number of pyridine rings is 1. The molecular weight excluding hydrogens is 310 g/mol. The molecular formula is C20H27N5. The fraction of sp³-hybridized carbons (Fsp3) is 0.400. The Morgan fingerprint density at radius 1 is 1.16 bits per heavy atom. The highest BCUT2D eigenvalue weighted by Crippen LogP contribution is 2.24. The molecule has 132 valence electrons. The molecule has 0 radical (unpaired) electrons. The van der Waals surface area contributed by atoms with Crippen molar-refractivity contribution >= 4 is 11.0 Å². The second-order valence-corrected chi connectivity index (χ2v) is 6.55. The van der Waals surface area contributed by atoms with E-state index in [0.717, 1.165) is 55.0 Å². The first kappa shape index (κ1) is 17.6. The summed E-state index contributed by atoms with van der Waals surface area (Å²) < 4.78 is 0. The van der Waals surface area contributed by atoms with Crippen molar-refractivity contribution < 1.29 is 0 Å². The molecule has 0 fully saturated rings. The maximum atomic E-state index is 5.68. The zero-order valence-electron chi connectivity index (χ0n) is 15.1. The molecule has 0 aliphatic carbocycles. The van der Waals surface area contributed by atoms with Crippen LogP contribution >= 0.6 is 0 Å². The van der Waals surface area contributed by atoms with E-state index in [9.17, 15) is 0 Å². The molecule has 0 saturated heterocycles. The minimum Gasteiger partial charge on any atom is -0.341 e. The van der Waals surface area contributed by atoms with E-state index in [1.807, 2.05) is 30.5 Å². The molecule has 3 N–H and O–H groups in total. The highest BCUT2D eigenvalue weighted by molar-refractivity contribution is 5.74. The number of aromatic nitrogens is 3. The summed E-state index contributed by atoms with van der Waals surface area (Å²) >= 11 is 0. The predicted molar refractivity (Wildman–Crippen MR) is 102 cm³/mol. The van der Waals surface area contributed by atoms with Gasteiger partial charge in [0.2, 0.25) is 0 Å². The Balaban J connectivity index is 1.82. The average molecular weight is 337 g/mol. The molecule has 0 spiro atoms. The van der Waals surface area contributed by atoms with Crippen LogP contribution in [0.1, 0.15) is 42.9 Å². The topological polar surface area (TPSA) is 70.8 Å². The first-order valence-corrected chi connectivity index (χ1v) is 8.98. The van der Waals surface area contributed by atoms with Gasteiger partial charge in [-0.3, -0.25) is 9.88 Å². The van der Waals surface area contributed by atoms with Gasteiger partial charge >= 0.3 is 0 Å². The van der Waals surface area contributed by atoms with Gasteiger partial charge in [-0.2, -0.15) is 0 Å². The standard InChI is InChI=1S/C20H27N5/c1-15-8-7-12-22-20(15)16(2)25(13-6-5-11-21)14-19-23-17-9-3-4-10-18(17)24-19/h3-4,7-10,12,16H,5-6,11,13-14,21H2,1-2H3,(H,23,24). The van der Waals surface area contributed by atoms with Crippen LogP contribution in [0.25, 0.3) is 11.0 Å². The van der Waals surface area contributed by atoms with Gasteiger partial charge in [-0.15, -0.1) is 0 Å². The number of nitrogens with zero attached hydrogens (tertiary/aromatic N) is 3. The third kappa shape index (κ3) is 4.24. The Kier molecular flexibility index (Phi) is 5.79. The number of benzene rings is 1. The maximum absolute atomic E-state index is 5.68. The van der Waals surface area contributed by atoms with Gasteiger partial charge in [-0.1, -0.05) is 18.2 Å². The summed E-state index contributed by atoms with van der Waals surface area (Å²) in [6, 6.07) is 12.5. The van der Waals surface area contributed by atoms with Gasteiger partial charge in [0, 0.05) is 12.2 Å². The van der Waals surface area contributed by atoms with Crippen molar-refractivity contribution in [2.24, 2.45) is 5.73 Å². The zero-order valence-corrected chi connectivity index (χ0v) is 15.1. The van der Waals surface area contributed by atoms with Crippen molar-refractivity contribution in [3.8, 4) is 0 Å². The smallest absolute Gasteiger partial charge is 0.121 e. The van der Waals surface area contributed by atoms with E-state index in [-0.39, 0.29) is 6.04 Å². The van der Waals surface area contributed by atoms with E-state index in [1.54, 1.807) is 0 Å². The first-order valence-electron chi connectivity index (χ1n) is 8.98. The number of aromatic amines is 1. The molecule has 0 bridgehead atoms. The summed E-state index contributed by atoms with van der Waals surface area (Å²) in [4.78, 5) is 15.2. The lowest BCUT2D eigenvalue weighted by atomic mass is 10.1. The van der Waals surface area contributed by atoms with E-state index in [4.69, 9.17) is 10.7 Å². The molecule has 1 atom stereocenters. The number of imidazole rings is 1. The van der Waals surface area contributed by atoms with Gasteiger partial charge in [-0.05, 0) is 63.5 Å². The molecule has 0 amide bonds. The van der Waals surface area contributed by atoms with Crippen LogP contribution in [0, 0.1) is 6.92 Å². The van der Waals surface area contributed by atoms with Crippen LogP contribution in [-0.2, 0) is 6.54 Å². The number of rotatable bonds is 8. The van der Waals surface area contributed by atoms with Crippen molar-refractivity contribution in [2.45, 2.75) is 39.3 Å². The second-order valence-electron chi connectivity index (χ2n) is 6.55. The van der Waals surface area contributed by atoms with Gasteiger partial charge in [0.05, 0.1) is 23.3 Å². The monoisotopic (exact) mass is 337 g/mol. The quantitative estimate of drug-likeness (QED) is 0.617. The van der Waals surface area contributed by atoms with E-state index in [0.29, 0.717) is 0 Å². The number of para-hydroxylation sites is 2. The Bertz CT molecular complexity index is 777. The molecule has 5 nitrogen and oxygen atoms in total. The van der Waals surface area contributed by atoms with Crippen LogP contribution in [0.15, 0.2) is 42.6 Å². The van der Waals surface area contributed by atoms with Crippen molar-refractivity contribution in [1.29, 1.82) is 0 Å². The van der Waals surface area contributed by atoms with E-state index >= 15 is 0 Å². The molecule has 0 aliphatic heterocycles. The van der Waals surface area contributed by atoms with Crippen molar-refractivity contribution in [3.05, 3.63) is 59.7 Å². The minimum absolute atomic E-state index is 0.229. The van der Waals surface area contributed by atoms with E-state index in [2.05, 4.69) is 40.8 Å². The number of aryl methyl sites for hydroxylation is 1. The SMILES string of the molecule is Cc1cccnc1C(C)N(CCCCN)Cc1nc2ccccc2[nH]1. The highest BCUT2D eigenvalue weighted by atomic mass is 15.2. The number of hydrogen-bond donors (Lipinski definition) is 2. The summed E-state index contributed by atoms with van der Waals surface area (Å²) in [5, 5.41) is 0. The second kappa shape index (κ2) is 8.23. The molecule has 3 aromatic rings. The lowest BCUT2D eigenvalue weighted by Crippen LogP contribution is -2.29. The van der Waals surface area contributed by atoms with Crippen LogP contribution in [0.4, 0.5) is 0 Å². The van der Waals surface area contributed by atoms with Gasteiger partial charge in [0.1, 0.15) is 5.82 Å². The lowest BCUT2D eigenvalue weighted by molar-refractivity contribution is 0.189. The summed E-state index contributed by atoms with van der Waals surface area (Å²) in [5.41, 5.74) is 10.1. The van der Waals surface area contributed by atoms with Crippen LogP contribution < -0.4 is 5.73 Å². The Morgan fingerprint density at radius 3 is 2.76 bits per heavy atom. The molecule has 0 saturated carbocycles. The largest absolute Gasteiger partial charge is 0.341 e. The Morgan fingerprint density at radius 2 is 2.00 bits per heavy atom. The van der Waals surface area contributed by atoms with Gasteiger partial charge < -0.3 is 10.7 Å². The van der Waals surface area contributed by atoms with Crippen LogP contribution in [0.3, 0.4) is 0 Å². The fourth-order valence-electron chi connectivity index (χ4n) is 3.25. The van der Waals surface area contributed by atoms with Crippen LogP contribution in [0.2, 0.25) is 0 Å². The molecule has 2 aromatic heterocycles. The Hall–Kier alpha value is -2.24. The highest BCUT2D eigenvalue weighted by Gasteiger charge is 2.20. The van der Waals surface area contributed by atoms with Gasteiger partial charge in [0.15, 0.2) is 0 Å². The van der Waals surface area contributed by atoms with Crippen molar-refractivity contribution in [2.75, 3.05) is 13.1 Å². The Labute approximate surface area is 149 Å². The molecule has 3 rings (SSSR count). The molecule has 2 heterocycles. The van der Waals surface area contributed by atoms with Crippen LogP contribution in [-0.4, -0.2) is 32.9 Å².